The fraction of sp³-hybridized carbons (Fsp3) is 0.414. The van der Waals surface area contributed by atoms with E-state index >= 15 is 0 Å². The Morgan fingerprint density at radius 2 is 1.89 bits per heavy atom. The van der Waals surface area contributed by atoms with Gasteiger partial charge in [0, 0.05) is 32.6 Å². The number of rotatable bonds is 6. The number of likely N-dealkylation sites (N-methyl/N-ethyl adjacent to an activating group) is 1. The van der Waals surface area contributed by atoms with E-state index in [4.69, 9.17) is 16.9 Å². The number of benzene rings is 2. The first-order valence-electron chi connectivity index (χ1n) is 13.0. The van der Waals surface area contributed by atoms with Crippen LogP contribution in [0.5, 0.6) is 0 Å². The summed E-state index contributed by atoms with van der Waals surface area (Å²) in [4.78, 5) is 46.7. The highest BCUT2D eigenvalue weighted by atomic mass is 35.5. The second-order valence-electron chi connectivity index (χ2n) is 10.4. The van der Waals surface area contributed by atoms with Crippen molar-refractivity contribution in [2.24, 2.45) is 5.92 Å². The Morgan fingerprint density at radius 3 is 2.55 bits per heavy atom. The average molecular weight is 532 g/mol. The summed E-state index contributed by atoms with van der Waals surface area (Å²) < 4.78 is 1.34. The zero-order chi connectivity index (χ0) is 26.8. The van der Waals surface area contributed by atoms with Crippen LogP contribution >= 0.6 is 11.6 Å². The van der Waals surface area contributed by atoms with Gasteiger partial charge < -0.3 is 9.80 Å². The van der Waals surface area contributed by atoms with Crippen molar-refractivity contribution < 1.29 is 9.59 Å². The predicted octanol–water partition coefficient (Wildman–Crippen LogP) is 4.09. The Kier molecular flexibility index (Phi) is 7.48. The lowest BCUT2D eigenvalue weighted by atomic mass is 9.83. The Hall–Kier alpha value is -3.70. The maximum Gasteiger partial charge on any atom is 0.261 e. The van der Waals surface area contributed by atoms with Gasteiger partial charge in [0.25, 0.3) is 5.56 Å². The van der Waals surface area contributed by atoms with Crippen molar-refractivity contribution in [1.29, 1.82) is 5.26 Å². The van der Waals surface area contributed by atoms with Crippen LogP contribution in [0.2, 0.25) is 5.02 Å². The van der Waals surface area contributed by atoms with Crippen LogP contribution in [-0.4, -0.2) is 51.3 Å². The van der Waals surface area contributed by atoms with Crippen molar-refractivity contribution in [3.05, 3.63) is 74.8 Å². The molecule has 0 unspecified atom stereocenters. The zero-order valence-corrected chi connectivity index (χ0v) is 22.2. The molecule has 0 bridgehead atoms. The summed E-state index contributed by atoms with van der Waals surface area (Å²) in [5.74, 6) is 0.566. The zero-order valence-electron chi connectivity index (χ0n) is 21.4. The van der Waals surface area contributed by atoms with Gasteiger partial charge >= 0.3 is 0 Å². The quantitative estimate of drug-likeness (QED) is 0.477. The molecule has 2 aliphatic rings. The van der Waals surface area contributed by atoms with Crippen LogP contribution in [0.1, 0.15) is 54.7 Å². The van der Waals surface area contributed by atoms with Crippen LogP contribution < -0.4 is 5.56 Å². The molecular formula is C29H30ClN5O3. The van der Waals surface area contributed by atoms with Gasteiger partial charge in [0.2, 0.25) is 11.8 Å². The largest absolute Gasteiger partial charge is 0.342 e. The molecule has 0 spiro atoms. The van der Waals surface area contributed by atoms with Gasteiger partial charge in [-0.05, 0) is 67.0 Å². The van der Waals surface area contributed by atoms with Crippen LogP contribution in [0.4, 0.5) is 0 Å². The molecule has 1 saturated carbocycles. The van der Waals surface area contributed by atoms with E-state index in [1.165, 1.54) is 15.8 Å². The number of hydrogen-bond acceptors (Lipinski definition) is 5. The van der Waals surface area contributed by atoms with Crippen LogP contribution in [0.15, 0.2) is 47.5 Å². The molecule has 1 saturated heterocycles. The minimum Gasteiger partial charge on any atom is -0.342 e. The predicted molar refractivity (Wildman–Crippen MR) is 145 cm³/mol. The third-order valence-electron chi connectivity index (χ3n) is 7.89. The van der Waals surface area contributed by atoms with Crippen molar-refractivity contribution in [1.82, 2.24) is 19.4 Å². The van der Waals surface area contributed by atoms with Gasteiger partial charge in [-0.15, -0.1) is 0 Å². The Bertz CT molecular complexity index is 1480. The molecule has 0 N–H and O–H groups in total. The number of amides is 2. The molecule has 2 aromatic carbocycles. The summed E-state index contributed by atoms with van der Waals surface area (Å²) in [6, 6.07) is 12.9. The van der Waals surface area contributed by atoms with Crippen molar-refractivity contribution in [2.75, 3.05) is 20.1 Å². The van der Waals surface area contributed by atoms with E-state index in [2.05, 4.69) is 4.98 Å². The molecule has 1 aliphatic carbocycles. The molecule has 0 atom stereocenters. The number of piperidine rings is 1. The maximum absolute atomic E-state index is 13.3. The van der Waals surface area contributed by atoms with E-state index in [1.807, 2.05) is 29.2 Å². The average Bonchev–Trinajstić information content (AvgIpc) is 2.89. The van der Waals surface area contributed by atoms with Gasteiger partial charge in [-0.3, -0.25) is 19.0 Å². The number of nitriles is 1. The van der Waals surface area contributed by atoms with E-state index in [0.29, 0.717) is 33.9 Å². The van der Waals surface area contributed by atoms with Gasteiger partial charge in [0.15, 0.2) is 0 Å². The first-order valence-corrected chi connectivity index (χ1v) is 13.4. The highest BCUT2D eigenvalue weighted by Gasteiger charge is 2.32. The standard InChI is InChI=1S/C29H30ClN5O3/c1-33(16-19-5-6-23(15-31)25(30)13-19)27(36)17-35-18-32-26-8-7-22(14-24(26)29(35)38)20-9-11-34(12-10-20)28(37)21-3-2-4-21/h5-8,13-14,18,20-21H,2-4,9-12,16-17H2,1H3. The van der Waals surface area contributed by atoms with Crippen LogP contribution in [0.25, 0.3) is 10.9 Å². The van der Waals surface area contributed by atoms with Crippen LogP contribution in [0, 0.1) is 17.2 Å². The smallest absolute Gasteiger partial charge is 0.261 e. The fourth-order valence-corrected chi connectivity index (χ4v) is 5.51. The summed E-state index contributed by atoms with van der Waals surface area (Å²) in [5, 5.41) is 9.88. The summed E-state index contributed by atoms with van der Waals surface area (Å²) in [6.07, 6.45) is 6.36. The molecule has 1 aliphatic heterocycles. The van der Waals surface area contributed by atoms with E-state index in [1.54, 1.807) is 25.2 Å². The molecule has 5 rings (SSSR count). The molecule has 3 aromatic rings. The fourth-order valence-electron chi connectivity index (χ4n) is 5.27. The summed E-state index contributed by atoms with van der Waals surface area (Å²) in [5.41, 5.74) is 2.59. The van der Waals surface area contributed by atoms with E-state index < -0.39 is 0 Å². The molecule has 9 heteroatoms. The number of fused-ring (bicyclic) bond motifs is 1. The van der Waals surface area contributed by atoms with Crippen LogP contribution in [-0.2, 0) is 22.7 Å². The highest BCUT2D eigenvalue weighted by molar-refractivity contribution is 6.31. The second kappa shape index (κ2) is 11.0. The number of carbonyl (C=O) groups excluding carboxylic acids is 2. The van der Waals surface area contributed by atoms with Crippen molar-refractivity contribution in [2.45, 2.75) is 51.1 Å². The van der Waals surface area contributed by atoms with E-state index in [9.17, 15) is 14.4 Å². The number of likely N-dealkylation sites (tertiary alicyclic amines) is 1. The number of aromatic nitrogens is 2. The summed E-state index contributed by atoms with van der Waals surface area (Å²) >= 11 is 6.11. The molecule has 2 amide bonds. The third-order valence-corrected chi connectivity index (χ3v) is 8.20. The molecule has 196 valence electrons. The van der Waals surface area contributed by atoms with Gasteiger partial charge in [0.1, 0.15) is 12.6 Å². The molecular weight excluding hydrogens is 502 g/mol. The molecule has 38 heavy (non-hydrogen) atoms. The van der Waals surface area contributed by atoms with Gasteiger partial charge in [0.05, 0.1) is 27.8 Å². The summed E-state index contributed by atoms with van der Waals surface area (Å²) in [6.45, 7) is 1.67. The lowest BCUT2D eigenvalue weighted by Crippen LogP contribution is -2.43. The second-order valence-corrected chi connectivity index (χ2v) is 10.8. The van der Waals surface area contributed by atoms with Gasteiger partial charge in [-0.1, -0.05) is 30.2 Å². The number of nitrogens with zero attached hydrogens (tertiary/aromatic N) is 5. The van der Waals surface area contributed by atoms with Crippen molar-refractivity contribution >= 4 is 34.3 Å². The van der Waals surface area contributed by atoms with E-state index in [-0.39, 0.29) is 29.8 Å². The van der Waals surface area contributed by atoms with E-state index in [0.717, 1.165) is 56.3 Å². The maximum atomic E-state index is 13.3. The first-order chi connectivity index (χ1) is 18.3. The Balaban J connectivity index is 1.26. The topological polar surface area (TPSA) is 99.3 Å². The minimum atomic E-state index is -0.252. The number of carbonyl (C=O) groups is 2. The minimum absolute atomic E-state index is 0.131. The molecule has 8 nitrogen and oxygen atoms in total. The van der Waals surface area contributed by atoms with Crippen molar-refractivity contribution in [3.63, 3.8) is 0 Å². The molecule has 2 fully saturated rings. The third kappa shape index (κ3) is 5.30. The normalized spacial score (nSPS) is 16.2. The first kappa shape index (κ1) is 25.9. The molecule has 1 aromatic heterocycles. The summed E-state index contributed by atoms with van der Waals surface area (Å²) in [7, 11) is 1.66. The number of hydrogen-bond donors (Lipinski definition) is 0. The van der Waals surface area contributed by atoms with Gasteiger partial charge in [-0.25, -0.2) is 4.98 Å². The van der Waals surface area contributed by atoms with Crippen molar-refractivity contribution in [3.8, 4) is 6.07 Å². The molecule has 0 radical (unpaired) electrons. The van der Waals surface area contributed by atoms with Crippen LogP contribution in [0.3, 0.4) is 0 Å². The Labute approximate surface area is 226 Å². The highest BCUT2D eigenvalue weighted by Crippen LogP contribution is 2.33. The SMILES string of the molecule is CN(Cc1ccc(C#N)c(Cl)c1)C(=O)Cn1cnc2ccc(C3CCN(C(=O)C4CCC4)CC3)cc2c1=O. The monoisotopic (exact) mass is 531 g/mol. The number of halogens is 1. The molecule has 2 heterocycles. The lowest BCUT2D eigenvalue weighted by Gasteiger charge is -2.36. The Morgan fingerprint density at radius 1 is 1.13 bits per heavy atom. The lowest BCUT2D eigenvalue weighted by molar-refractivity contribution is -0.139. The van der Waals surface area contributed by atoms with Gasteiger partial charge in [-0.2, -0.15) is 5.26 Å².